The van der Waals surface area contributed by atoms with Crippen molar-refractivity contribution >= 4 is 52.3 Å². The summed E-state index contributed by atoms with van der Waals surface area (Å²) in [7, 11) is 0. The molecule has 0 saturated carbocycles. The average molecular weight is 349 g/mol. The lowest BCUT2D eigenvalue weighted by molar-refractivity contribution is 0.0951. The number of carbonyl (C=O) groups is 1. The summed E-state index contributed by atoms with van der Waals surface area (Å²) in [5.74, 6) is -0.325. The maximum absolute atomic E-state index is 12.1. The van der Waals surface area contributed by atoms with Gasteiger partial charge in [0.15, 0.2) is 0 Å². The van der Waals surface area contributed by atoms with Gasteiger partial charge >= 0.3 is 0 Å². The van der Waals surface area contributed by atoms with E-state index in [9.17, 15) is 4.79 Å². The lowest BCUT2D eigenvalue weighted by Crippen LogP contribution is -2.23. The number of rotatable bonds is 3. The van der Waals surface area contributed by atoms with Crippen LogP contribution < -0.4 is 5.32 Å². The van der Waals surface area contributed by atoms with Crippen molar-refractivity contribution in [2.45, 2.75) is 6.54 Å². The molecule has 0 radical (unpaired) electrons. The summed E-state index contributed by atoms with van der Waals surface area (Å²) in [5.41, 5.74) is 1.04. The fourth-order valence-electron chi connectivity index (χ4n) is 1.62. The van der Waals surface area contributed by atoms with E-state index in [2.05, 4.69) is 5.32 Å². The van der Waals surface area contributed by atoms with Crippen LogP contribution in [0.1, 0.15) is 15.9 Å². The van der Waals surface area contributed by atoms with E-state index < -0.39 is 0 Å². The van der Waals surface area contributed by atoms with Gasteiger partial charge in [0.1, 0.15) is 0 Å². The first-order valence-electron chi connectivity index (χ1n) is 5.64. The summed E-state index contributed by atoms with van der Waals surface area (Å²) in [6.07, 6.45) is 0. The quantitative estimate of drug-likeness (QED) is 0.808. The molecule has 0 heterocycles. The molecule has 2 rings (SSSR count). The van der Waals surface area contributed by atoms with E-state index in [0.717, 1.165) is 5.56 Å². The molecule has 0 aliphatic rings. The van der Waals surface area contributed by atoms with Crippen molar-refractivity contribution < 1.29 is 4.79 Å². The lowest BCUT2D eigenvalue weighted by atomic mass is 10.2. The molecule has 0 aliphatic carbocycles. The van der Waals surface area contributed by atoms with Gasteiger partial charge in [-0.25, -0.2) is 0 Å². The first-order valence-corrected chi connectivity index (χ1v) is 7.16. The Balaban J connectivity index is 2.12. The highest BCUT2D eigenvalue weighted by Gasteiger charge is 2.11. The lowest BCUT2D eigenvalue weighted by Gasteiger charge is -2.09. The van der Waals surface area contributed by atoms with Crippen LogP contribution >= 0.6 is 46.4 Å². The fraction of sp³-hybridized carbons (Fsp3) is 0.0714. The number of hydrogen-bond donors (Lipinski definition) is 1. The number of amides is 1. The Morgan fingerprint density at radius 2 is 1.50 bits per heavy atom. The maximum atomic E-state index is 12.1. The summed E-state index contributed by atoms with van der Waals surface area (Å²) in [5, 5.41) is 4.60. The fourth-order valence-corrected chi connectivity index (χ4v) is 2.38. The molecular weight excluding hydrogens is 340 g/mol. The monoisotopic (exact) mass is 347 g/mol. The van der Waals surface area contributed by atoms with Crippen molar-refractivity contribution in [3.8, 4) is 0 Å². The predicted octanol–water partition coefficient (Wildman–Crippen LogP) is 5.23. The minimum Gasteiger partial charge on any atom is -0.348 e. The summed E-state index contributed by atoms with van der Waals surface area (Å²) in [6.45, 7) is 0.251. The zero-order valence-electron chi connectivity index (χ0n) is 10.1. The molecule has 2 nitrogen and oxygen atoms in total. The molecule has 0 bridgehead atoms. The Labute approximate surface area is 136 Å². The molecule has 0 aromatic heterocycles. The second kappa shape index (κ2) is 6.68. The second-order valence-electron chi connectivity index (χ2n) is 4.04. The van der Waals surface area contributed by atoms with E-state index >= 15 is 0 Å². The van der Waals surface area contributed by atoms with Gasteiger partial charge in [-0.3, -0.25) is 4.79 Å². The average Bonchev–Trinajstić information content (AvgIpc) is 2.42. The normalized spacial score (nSPS) is 10.4. The van der Waals surface area contributed by atoms with E-state index in [0.29, 0.717) is 25.7 Å². The number of halogens is 4. The summed E-state index contributed by atoms with van der Waals surface area (Å²) in [6, 6.07) is 9.77. The van der Waals surface area contributed by atoms with Gasteiger partial charge in [-0.15, -0.1) is 0 Å². The molecule has 0 atom stereocenters. The Bertz CT molecular complexity index is 658. The largest absolute Gasteiger partial charge is 0.348 e. The maximum Gasteiger partial charge on any atom is 0.253 e. The summed E-state index contributed by atoms with van der Waals surface area (Å²) in [4.78, 5) is 12.1. The highest BCUT2D eigenvalue weighted by Crippen LogP contribution is 2.22. The third-order valence-electron chi connectivity index (χ3n) is 2.62. The van der Waals surface area contributed by atoms with E-state index in [-0.39, 0.29) is 12.5 Å². The number of nitrogens with one attached hydrogen (secondary N) is 1. The van der Waals surface area contributed by atoms with Gasteiger partial charge in [0.25, 0.3) is 5.91 Å². The van der Waals surface area contributed by atoms with Gasteiger partial charge in [0.05, 0.1) is 10.6 Å². The number of benzene rings is 2. The molecule has 104 valence electrons. The predicted molar refractivity (Wildman–Crippen MR) is 84.1 cm³/mol. The van der Waals surface area contributed by atoms with Crippen molar-refractivity contribution in [2.24, 2.45) is 0 Å². The molecule has 1 N–H and O–H groups in total. The Morgan fingerprint density at radius 1 is 0.900 bits per heavy atom. The molecule has 1 amide bonds. The molecule has 0 fully saturated rings. The van der Waals surface area contributed by atoms with Crippen LogP contribution in [0.5, 0.6) is 0 Å². The second-order valence-corrected chi connectivity index (χ2v) is 5.73. The smallest absolute Gasteiger partial charge is 0.253 e. The van der Waals surface area contributed by atoms with Gasteiger partial charge < -0.3 is 5.32 Å². The van der Waals surface area contributed by atoms with Gasteiger partial charge in [0, 0.05) is 21.6 Å². The summed E-state index contributed by atoms with van der Waals surface area (Å²) < 4.78 is 0. The zero-order chi connectivity index (χ0) is 14.7. The summed E-state index contributed by atoms with van der Waals surface area (Å²) >= 11 is 23.7. The molecule has 2 aromatic rings. The van der Waals surface area contributed by atoms with Gasteiger partial charge in [-0.2, -0.15) is 0 Å². The van der Waals surface area contributed by atoms with Crippen LogP contribution in [-0.2, 0) is 6.54 Å². The van der Waals surface area contributed by atoms with Crippen LogP contribution in [0.3, 0.4) is 0 Å². The van der Waals surface area contributed by atoms with Crippen LogP contribution in [0.25, 0.3) is 0 Å². The van der Waals surface area contributed by atoms with Crippen LogP contribution in [0, 0.1) is 0 Å². The van der Waals surface area contributed by atoms with Crippen LogP contribution in [0.15, 0.2) is 36.4 Å². The van der Waals surface area contributed by atoms with Crippen molar-refractivity contribution in [2.75, 3.05) is 0 Å². The number of hydrogen-bond acceptors (Lipinski definition) is 1. The Morgan fingerprint density at radius 3 is 2.20 bits per heavy atom. The molecule has 20 heavy (non-hydrogen) atoms. The van der Waals surface area contributed by atoms with Crippen molar-refractivity contribution in [3.63, 3.8) is 0 Å². The molecule has 6 heteroatoms. The van der Waals surface area contributed by atoms with Gasteiger partial charge in [0.2, 0.25) is 0 Å². The Kier molecular flexibility index (Phi) is 5.17. The minimum absolute atomic E-state index is 0.251. The highest BCUT2D eigenvalue weighted by molar-refractivity contribution is 6.36. The SMILES string of the molecule is O=C(NCc1cc(Cl)ccc1Cl)c1cc(Cl)ccc1Cl. The highest BCUT2D eigenvalue weighted by atomic mass is 35.5. The third kappa shape index (κ3) is 3.80. The number of carbonyl (C=O) groups excluding carboxylic acids is 1. The third-order valence-corrected chi connectivity index (χ3v) is 3.79. The molecular formula is C14H9Cl4NO. The molecule has 0 unspecified atom stereocenters. The van der Waals surface area contributed by atoms with Gasteiger partial charge in [-0.05, 0) is 42.0 Å². The van der Waals surface area contributed by atoms with E-state index in [4.69, 9.17) is 46.4 Å². The molecule has 0 aliphatic heterocycles. The zero-order valence-corrected chi connectivity index (χ0v) is 13.1. The van der Waals surface area contributed by atoms with Crippen molar-refractivity contribution in [1.82, 2.24) is 5.32 Å². The molecule has 2 aromatic carbocycles. The Hall–Kier alpha value is -0.930. The molecule has 0 spiro atoms. The van der Waals surface area contributed by atoms with Crippen LogP contribution in [0.2, 0.25) is 20.1 Å². The van der Waals surface area contributed by atoms with E-state index in [1.165, 1.54) is 6.07 Å². The van der Waals surface area contributed by atoms with E-state index in [1.54, 1.807) is 30.3 Å². The standard InChI is InChI=1S/C14H9Cl4NO/c15-9-1-3-12(17)8(5-9)7-19-14(20)11-6-10(16)2-4-13(11)18/h1-6H,7H2,(H,19,20). The first kappa shape index (κ1) is 15.5. The van der Waals surface area contributed by atoms with Crippen LogP contribution in [0.4, 0.5) is 0 Å². The first-order chi connectivity index (χ1) is 9.47. The minimum atomic E-state index is -0.325. The van der Waals surface area contributed by atoms with Crippen molar-refractivity contribution in [3.05, 3.63) is 67.6 Å². The molecule has 0 saturated heterocycles. The topological polar surface area (TPSA) is 29.1 Å². The van der Waals surface area contributed by atoms with Crippen LogP contribution in [-0.4, -0.2) is 5.91 Å². The van der Waals surface area contributed by atoms with E-state index in [1.807, 2.05) is 0 Å². The van der Waals surface area contributed by atoms with Crippen molar-refractivity contribution in [1.29, 1.82) is 0 Å². The van der Waals surface area contributed by atoms with Gasteiger partial charge in [-0.1, -0.05) is 46.4 Å².